The Morgan fingerprint density at radius 1 is 1.35 bits per heavy atom. The van der Waals surface area contributed by atoms with Gasteiger partial charge >= 0.3 is 0 Å². The van der Waals surface area contributed by atoms with Gasteiger partial charge in [-0.15, -0.1) is 0 Å². The lowest BCUT2D eigenvalue weighted by Gasteiger charge is -2.17. The minimum atomic E-state index is -0.471. The highest BCUT2D eigenvalue weighted by atomic mass is 16.5. The van der Waals surface area contributed by atoms with Crippen LogP contribution in [0.15, 0.2) is 48.7 Å². The van der Waals surface area contributed by atoms with Crippen LogP contribution in [-0.2, 0) is 4.74 Å². The van der Waals surface area contributed by atoms with Gasteiger partial charge in [0, 0.05) is 25.4 Å². The lowest BCUT2D eigenvalue weighted by molar-refractivity contribution is 0.1000. The number of rotatable bonds is 6. The maximum Gasteiger partial charge on any atom is 0.248 e. The molecule has 2 rings (SSSR count). The van der Waals surface area contributed by atoms with Gasteiger partial charge in [0.05, 0.1) is 6.10 Å². The second-order valence-corrected chi connectivity index (χ2v) is 4.31. The van der Waals surface area contributed by atoms with Crippen molar-refractivity contribution in [3.8, 4) is 0 Å². The van der Waals surface area contributed by atoms with Crippen LogP contribution in [0, 0.1) is 0 Å². The molecule has 5 nitrogen and oxygen atoms in total. The summed E-state index contributed by atoms with van der Waals surface area (Å²) in [7, 11) is 1.66. The fourth-order valence-electron chi connectivity index (χ4n) is 1.88. The van der Waals surface area contributed by atoms with Crippen molar-refractivity contribution >= 4 is 11.7 Å². The van der Waals surface area contributed by atoms with Gasteiger partial charge < -0.3 is 15.8 Å². The molecular weight excluding hydrogens is 254 g/mol. The first-order valence-electron chi connectivity index (χ1n) is 6.28. The predicted octanol–water partition coefficient (Wildman–Crippen LogP) is 1.98. The molecule has 0 fully saturated rings. The van der Waals surface area contributed by atoms with Gasteiger partial charge in [0.1, 0.15) is 5.82 Å². The summed E-state index contributed by atoms with van der Waals surface area (Å²) in [6.45, 7) is 0.551. The zero-order chi connectivity index (χ0) is 14.4. The van der Waals surface area contributed by atoms with E-state index in [1.807, 2.05) is 30.3 Å². The largest absolute Gasteiger partial charge is 0.375 e. The monoisotopic (exact) mass is 271 g/mol. The molecular formula is C15H17N3O2. The number of hydrogen-bond acceptors (Lipinski definition) is 4. The van der Waals surface area contributed by atoms with Crippen LogP contribution in [0.5, 0.6) is 0 Å². The van der Waals surface area contributed by atoms with E-state index in [2.05, 4.69) is 10.3 Å². The molecule has 1 amide bonds. The van der Waals surface area contributed by atoms with Crippen molar-refractivity contribution in [2.45, 2.75) is 6.10 Å². The number of benzene rings is 1. The fraction of sp³-hybridized carbons (Fsp3) is 0.200. The molecule has 0 bridgehead atoms. The number of hydrogen-bond donors (Lipinski definition) is 2. The summed E-state index contributed by atoms with van der Waals surface area (Å²) in [6.07, 6.45) is 1.46. The third-order valence-corrected chi connectivity index (χ3v) is 2.97. The van der Waals surface area contributed by atoms with Crippen molar-refractivity contribution in [2.75, 3.05) is 19.0 Å². The summed E-state index contributed by atoms with van der Waals surface area (Å²) in [4.78, 5) is 15.3. The van der Waals surface area contributed by atoms with Gasteiger partial charge in [0.15, 0.2) is 0 Å². The molecule has 3 N–H and O–H groups in total. The Labute approximate surface area is 117 Å². The molecule has 1 aromatic carbocycles. The number of carbonyl (C=O) groups excluding carboxylic acids is 1. The van der Waals surface area contributed by atoms with Gasteiger partial charge in [-0.3, -0.25) is 4.79 Å². The average molecular weight is 271 g/mol. The number of amides is 1. The van der Waals surface area contributed by atoms with Gasteiger partial charge in [0.2, 0.25) is 5.91 Å². The van der Waals surface area contributed by atoms with Crippen molar-refractivity contribution in [1.29, 1.82) is 0 Å². The van der Waals surface area contributed by atoms with Crippen molar-refractivity contribution in [1.82, 2.24) is 4.98 Å². The third kappa shape index (κ3) is 3.55. The van der Waals surface area contributed by atoms with E-state index >= 15 is 0 Å². The van der Waals surface area contributed by atoms with Crippen LogP contribution in [0.3, 0.4) is 0 Å². The Bertz CT molecular complexity index is 572. The molecule has 0 aliphatic carbocycles. The van der Waals surface area contributed by atoms with Crippen LogP contribution in [-0.4, -0.2) is 24.5 Å². The summed E-state index contributed by atoms with van der Waals surface area (Å²) in [6, 6.07) is 13.1. The Morgan fingerprint density at radius 2 is 2.10 bits per heavy atom. The lowest BCUT2D eigenvalue weighted by Crippen LogP contribution is -2.16. The number of nitrogens with two attached hydrogens (primary N) is 1. The highest BCUT2D eigenvalue weighted by molar-refractivity contribution is 5.93. The number of nitrogens with one attached hydrogen (secondary N) is 1. The number of ether oxygens (including phenoxy) is 1. The van der Waals surface area contributed by atoms with Gasteiger partial charge in [-0.1, -0.05) is 30.3 Å². The third-order valence-electron chi connectivity index (χ3n) is 2.97. The van der Waals surface area contributed by atoms with Crippen molar-refractivity contribution in [3.63, 3.8) is 0 Å². The molecule has 0 unspecified atom stereocenters. The predicted molar refractivity (Wildman–Crippen MR) is 77.4 cm³/mol. The van der Waals surface area contributed by atoms with E-state index in [-0.39, 0.29) is 6.10 Å². The molecule has 1 atom stereocenters. The number of carbonyl (C=O) groups is 1. The van der Waals surface area contributed by atoms with Crippen LogP contribution >= 0.6 is 0 Å². The number of pyridine rings is 1. The molecule has 0 aliphatic rings. The van der Waals surface area contributed by atoms with Crippen molar-refractivity contribution in [3.05, 3.63) is 59.8 Å². The van der Waals surface area contributed by atoms with E-state index in [1.54, 1.807) is 25.4 Å². The highest BCUT2D eigenvalue weighted by Gasteiger charge is 2.10. The minimum Gasteiger partial charge on any atom is -0.375 e. The maximum absolute atomic E-state index is 11.1. The maximum atomic E-state index is 11.1. The Morgan fingerprint density at radius 3 is 2.75 bits per heavy atom. The topological polar surface area (TPSA) is 77.2 Å². The highest BCUT2D eigenvalue weighted by Crippen LogP contribution is 2.17. The summed E-state index contributed by atoms with van der Waals surface area (Å²) in [5.41, 5.74) is 6.74. The molecule has 104 valence electrons. The number of primary amides is 1. The fourth-order valence-corrected chi connectivity index (χ4v) is 1.88. The first kappa shape index (κ1) is 14.0. The van der Waals surface area contributed by atoms with E-state index in [0.29, 0.717) is 17.9 Å². The molecule has 5 heteroatoms. The number of nitrogens with zero attached hydrogens (tertiary/aromatic N) is 1. The molecule has 0 saturated heterocycles. The molecule has 1 aromatic heterocycles. The SMILES string of the molecule is CO[C@H](CNc1cc(C(N)=O)ccn1)c1ccccc1. The normalized spacial score (nSPS) is 11.8. The first-order valence-corrected chi connectivity index (χ1v) is 6.28. The average Bonchev–Trinajstić information content (AvgIpc) is 2.49. The van der Waals surface area contributed by atoms with E-state index in [9.17, 15) is 4.79 Å². The molecule has 1 heterocycles. The zero-order valence-corrected chi connectivity index (χ0v) is 11.2. The molecule has 0 aliphatic heterocycles. The summed E-state index contributed by atoms with van der Waals surface area (Å²) in [5, 5.41) is 3.15. The van der Waals surface area contributed by atoms with Gasteiger partial charge in [0.25, 0.3) is 0 Å². The minimum absolute atomic E-state index is 0.0877. The van der Waals surface area contributed by atoms with Crippen molar-refractivity contribution in [2.24, 2.45) is 5.73 Å². The second-order valence-electron chi connectivity index (χ2n) is 4.31. The zero-order valence-electron chi connectivity index (χ0n) is 11.2. The molecule has 0 spiro atoms. The summed E-state index contributed by atoms with van der Waals surface area (Å²) in [5.74, 6) is 0.126. The quantitative estimate of drug-likeness (QED) is 0.842. The van der Waals surface area contributed by atoms with Gasteiger partial charge in [-0.25, -0.2) is 4.98 Å². The van der Waals surface area contributed by atoms with Crippen LogP contribution in [0.4, 0.5) is 5.82 Å². The summed E-state index contributed by atoms with van der Waals surface area (Å²) < 4.78 is 5.45. The molecule has 2 aromatic rings. The van der Waals surface area contributed by atoms with Crippen LogP contribution in [0.25, 0.3) is 0 Å². The smallest absolute Gasteiger partial charge is 0.248 e. The molecule has 0 saturated carbocycles. The second kappa shape index (κ2) is 6.68. The first-order chi connectivity index (χ1) is 9.70. The lowest BCUT2D eigenvalue weighted by atomic mass is 10.1. The van der Waals surface area contributed by atoms with E-state index < -0.39 is 5.91 Å². The van der Waals surface area contributed by atoms with Crippen LogP contribution in [0.1, 0.15) is 22.0 Å². The Kier molecular flexibility index (Phi) is 4.68. The van der Waals surface area contributed by atoms with E-state index in [0.717, 1.165) is 5.56 Å². The Balaban J connectivity index is 2.03. The number of methoxy groups -OCH3 is 1. The standard InChI is InChI=1S/C15H17N3O2/c1-20-13(11-5-3-2-4-6-11)10-18-14-9-12(15(16)19)7-8-17-14/h2-9,13H,10H2,1H3,(H2,16,19)(H,17,18)/t13-/m1/s1. The van der Waals surface area contributed by atoms with Crippen LogP contribution < -0.4 is 11.1 Å². The molecule has 20 heavy (non-hydrogen) atoms. The van der Waals surface area contributed by atoms with Gasteiger partial charge in [-0.05, 0) is 17.7 Å². The summed E-state index contributed by atoms with van der Waals surface area (Å²) >= 11 is 0. The van der Waals surface area contributed by atoms with E-state index in [1.165, 1.54) is 0 Å². The Hall–Kier alpha value is -2.40. The molecule has 0 radical (unpaired) electrons. The number of anilines is 1. The van der Waals surface area contributed by atoms with Crippen molar-refractivity contribution < 1.29 is 9.53 Å². The van der Waals surface area contributed by atoms with Crippen LogP contribution in [0.2, 0.25) is 0 Å². The van der Waals surface area contributed by atoms with E-state index in [4.69, 9.17) is 10.5 Å². The number of aromatic nitrogens is 1. The van der Waals surface area contributed by atoms with Gasteiger partial charge in [-0.2, -0.15) is 0 Å².